The van der Waals surface area contributed by atoms with Crippen molar-refractivity contribution < 1.29 is 14.3 Å². The summed E-state index contributed by atoms with van der Waals surface area (Å²) in [4.78, 5) is 13.9. The minimum atomic E-state index is -0.864. The summed E-state index contributed by atoms with van der Waals surface area (Å²) in [6, 6.07) is 9.81. The quantitative estimate of drug-likeness (QED) is 0.671. The van der Waals surface area contributed by atoms with Gasteiger partial charge < -0.3 is 10.4 Å². The van der Waals surface area contributed by atoms with Crippen molar-refractivity contribution in [2.24, 2.45) is 0 Å². The summed E-state index contributed by atoms with van der Waals surface area (Å²) >= 11 is 8.92. The Morgan fingerprint density at radius 1 is 1.29 bits per heavy atom. The molecule has 0 radical (unpaired) electrons. The number of hydrogen-bond acceptors (Lipinski definition) is 4. The van der Waals surface area contributed by atoms with Crippen molar-refractivity contribution in [2.75, 3.05) is 6.54 Å². The molecule has 24 heavy (non-hydrogen) atoms. The Morgan fingerprint density at radius 2 is 2.12 bits per heavy atom. The summed E-state index contributed by atoms with van der Waals surface area (Å²) in [7, 11) is 0. The molecule has 0 aliphatic rings. The average molecular weight is 382 g/mol. The van der Waals surface area contributed by atoms with Crippen LogP contribution in [0.5, 0.6) is 0 Å². The summed E-state index contributed by atoms with van der Waals surface area (Å²) in [5.74, 6) is -1.34. The highest BCUT2D eigenvalue weighted by molar-refractivity contribution is 7.16. The molecule has 0 bridgehead atoms. The second kappa shape index (κ2) is 7.44. The summed E-state index contributed by atoms with van der Waals surface area (Å²) in [6.07, 6.45) is -0.864. The molecule has 0 aliphatic heterocycles. The van der Waals surface area contributed by atoms with E-state index < -0.39 is 17.8 Å². The van der Waals surface area contributed by atoms with E-state index in [1.807, 2.05) is 29.0 Å². The van der Waals surface area contributed by atoms with E-state index in [9.17, 15) is 14.3 Å². The molecule has 2 aromatic heterocycles. The van der Waals surface area contributed by atoms with Crippen molar-refractivity contribution >= 4 is 40.2 Å². The van der Waals surface area contributed by atoms with Gasteiger partial charge in [-0.1, -0.05) is 17.7 Å². The normalized spacial score (nSPS) is 12.1. The van der Waals surface area contributed by atoms with Crippen LogP contribution in [0.25, 0.3) is 10.4 Å². The Labute approximate surface area is 151 Å². The molecule has 3 rings (SSSR count). The molecule has 0 aliphatic carbocycles. The zero-order valence-corrected chi connectivity index (χ0v) is 14.7. The van der Waals surface area contributed by atoms with Crippen molar-refractivity contribution in [3.05, 3.63) is 68.4 Å². The maximum absolute atomic E-state index is 13.7. The molecule has 0 saturated heterocycles. The van der Waals surface area contributed by atoms with E-state index in [0.717, 1.165) is 15.3 Å². The number of carbonyl (C=O) groups excluding carboxylic acids is 1. The van der Waals surface area contributed by atoms with Gasteiger partial charge in [-0.25, -0.2) is 4.39 Å². The van der Waals surface area contributed by atoms with E-state index >= 15 is 0 Å². The molecule has 2 heterocycles. The number of aliphatic hydroxyl groups is 1. The molecule has 0 spiro atoms. The molecule has 1 amide bonds. The van der Waals surface area contributed by atoms with E-state index in [4.69, 9.17) is 11.6 Å². The summed E-state index contributed by atoms with van der Waals surface area (Å²) in [5, 5.41) is 16.8. The second-order valence-electron chi connectivity index (χ2n) is 5.04. The van der Waals surface area contributed by atoms with Crippen molar-refractivity contribution in [2.45, 2.75) is 6.10 Å². The number of halogens is 2. The van der Waals surface area contributed by atoms with Crippen molar-refractivity contribution in [3.63, 3.8) is 0 Å². The molecule has 0 unspecified atom stereocenters. The number of carbonyl (C=O) groups is 1. The zero-order chi connectivity index (χ0) is 17.1. The van der Waals surface area contributed by atoms with E-state index in [1.54, 1.807) is 11.3 Å². The molecule has 1 atom stereocenters. The highest BCUT2D eigenvalue weighted by Crippen LogP contribution is 2.32. The van der Waals surface area contributed by atoms with Crippen LogP contribution in [0.3, 0.4) is 0 Å². The minimum Gasteiger partial charge on any atom is -0.386 e. The maximum Gasteiger partial charge on any atom is 0.255 e. The van der Waals surface area contributed by atoms with Gasteiger partial charge in [0.15, 0.2) is 0 Å². The van der Waals surface area contributed by atoms with E-state index in [2.05, 4.69) is 5.32 Å². The standard InChI is InChI=1S/C17H13ClFNO2S2/c18-11-2-1-3-12(19)16(11)17(22)20-8-13(21)15-5-4-14(24-15)10-6-7-23-9-10/h1-7,9,13,21H,8H2,(H,20,22)/t13-/m0/s1. The van der Waals surface area contributed by atoms with Gasteiger partial charge in [0.05, 0.1) is 10.6 Å². The number of hydrogen-bond donors (Lipinski definition) is 2. The lowest BCUT2D eigenvalue weighted by Crippen LogP contribution is -2.29. The Balaban J connectivity index is 1.65. The fraction of sp³-hybridized carbons (Fsp3) is 0.118. The Kier molecular flexibility index (Phi) is 5.30. The molecule has 0 saturated carbocycles. The third-order valence-corrected chi connectivity index (χ3v) is 5.64. The second-order valence-corrected chi connectivity index (χ2v) is 7.34. The molecular weight excluding hydrogens is 369 g/mol. The summed E-state index contributed by atoms with van der Waals surface area (Å²) in [5.41, 5.74) is 0.891. The van der Waals surface area contributed by atoms with Gasteiger partial charge in [0.2, 0.25) is 0 Å². The number of rotatable bonds is 5. The molecule has 7 heteroatoms. The number of amides is 1. The van der Waals surface area contributed by atoms with Gasteiger partial charge in [-0.15, -0.1) is 11.3 Å². The summed E-state index contributed by atoms with van der Waals surface area (Å²) in [6.45, 7) is -0.0207. The highest BCUT2D eigenvalue weighted by atomic mass is 35.5. The fourth-order valence-corrected chi connectivity index (χ4v) is 4.15. The van der Waals surface area contributed by atoms with Gasteiger partial charge in [-0.2, -0.15) is 11.3 Å². The molecule has 0 fully saturated rings. The van der Waals surface area contributed by atoms with Crippen LogP contribution in [-0.4, -0.2) is 17.6 Å². The third kappa shape index (κ3) is 3.67. The molecule has 124 valence electrons. The Morgan fingerprint density at radius 3 is 2.83 bits per heavy atom. The molecule has 3 nitrogen and oxygen atoms in total. The van der Waals surface area contributed by atoms with Crippen LogP contribution in [0.15, 0.2) is 47.2 Å². The van der Waals surface area contributed by atoms with Crippen LogP contribution in [0, 0.1) is 5.82 Å². The van der Waals surface area contributed by atoms with Crippen LogP contribution < -0.4 is 5.32 Å². The van der Waals surface area contributed by atoms with Crippen molar-refractivity contribution in [1.29, 1.82) is 0 Å². The molecule has 3 aromatic rings. The topological polar surface area (TPSA) is 49.3 Å². The SMILES string of the molecule is O=C(NC[C@H](O)c1ccc(-c2ccsc2)s1)c1c(F)cccc1Cl. The van der Waals surface area contributed by atoms with Crippen LogP contribution in [0.1, 0.15) is 21.3 Å². The number of thiophene rings is 2. The van der Waals surface area contributed by atoms with Crippen LogP contribution in [-0.2, 0) is 0 Å². The lowest BCUT2D eigenvalue weighted by Gasteiger charge is -2.11. The highest BCUT2D eigenvalue weighted by Gasteiger charge is 2.18. The van der Waals surface area contributed by atoms with E-state index in [0.29, 0.717) is 0 Å². The Bertz CT molecular complexity index is 828. The smallest absolute Gasteiger partial charge is 0.255 e. The van der Waals surface area contributed by atoms with Crippen LogP contribution in [0.2, 0.25) is 5.02 Å². The van der Waals surface area contributed by atoms with Crippen LogP contribution >= 0.6 is 34.3 Å². The third-order valence-electron chi connectivity index (χ3n) is 3.41. The Hall–Kier alpha value is -1.73. The molecular formula is C17H13ClFNO2S2. The summed E-state index contributed by atoms with van der Waals surface area (Å²) < 4.78 is 13.7. The number of benzene rings is 1. The van der Waals surface area contributed by atoms with Gasteiger partial charge in [-0.05, 0) is 41.1 Å². The van der Waals surface area contributed by atoms with Gasteiger partial charge in [0.1, 0.15) is 11.9 Å². The lowest BCUT2D eigenvalue weighted by atomic mass is 10.2. The number of aliphatic hydroxyl groups excluding tert-OH is 1. The van der Waals surface area contributed by atoms with Crippen LogP contribution in [0.4, 0.5) is 4.39 Å². The maximum atomic E-state index is 13.7. The van der Waals surface area contributed by atoms with E-state index in [1.165, 1.54) is 29.5 Å². The number of nitrogens with one attached hydrogen (secondary N) is 1. The first-order valence-electron chi connectivity index (χ1n) is 7.09. The van der Waals surface area contributed by atoms with Gasteiger partial charge in [-0.3, -0.25) is 4.79 Å². The monoisotopic (exact) mass is 381 g/mol. The average Bonchev–Trinajstić information content (AvgIpc) is 3.23. The first kappa shape index (κ1) is 17.1. The van der Waals surface area contributed by atoms with E-state index in [-0.39, 0.29) is 17.1 Å². The fourth-order valence-electron chi connectivity index (χ4n) is 2.18. The first-order chi connectivity index (χ1) is 11.6. The lowest BCUT2D eigenvalue weighted by molar-refractivity contribution is 0.0914. The predicted octanol–water partition coefficient (Wildman–Crippen LogP) is 4.73. The minimum absolute atomic E-state index is 0.0207. The van der Waals surface area contributed by atoms with Crippen molar-refractivity contribution in [1.82, 2.24) is 5.32 Å². The van der Waals surface area contributed by atoms with Gasteiger partial charge in [0.25, 0.3) is 5.91 Å². The predicted molar refractivity (Wildman–Crippen MR) is 96.3 cm³/mol. The van der Waals surface area contributed by atoms with Gasteiger partial charge in [0, 0.05) is 21.9 Å². The van der Waals surface area contributed by atoms with Gasteiger partial charge >= 0.3 is 0 Å². The first-order valence-corrected chi connectivity index (χ1v) is 9.22. The zero-order valence-electron chi connectivity index (χ0n) is 12.3. The molecule has 2 N–H and O–H groups in total. The van der Waals surface area contributed by atoms with Crippen molar-refractivity contribution in [3.8, 4) is 10.4 Å². The molecule has 1 aromatic carbocycles. The largest absolute Gasteiger partial charge is 0.386 e.